The highest BCUT2D eigenvalue weighted by atomic mass is 16.5. The zero-order valence-electron chi connectivity index (χ0n) is 15.6. The van der Waals surface area contributed by atoms with Gasteiger partial charge >= 0.3 is 0 Å². The van der Waals surface area contributed by atoms with Gasteiger partial charge in [0.15, 0.2) is 0 Å². The van der Waals surface area contributed by atoms with Gasteiger partial charge in [0, 0.05) is 25.4 Å². The molecule has 1 amide bonds. The maximum absolute atomic E-state index is 11.1. The van der Waals surface area contributed by atoms with Crippen LogP contribution in [0.2, 0.25) is 0 Å². The third kappa shape index (κ3) is 4.21. The quantitative estimate of drug-likeness (QED) is 0.660. The largest absolute Gasteiger partial charge is 0.439 e. The van der Waals surface area contributed by atoms with Crippen molar-refractivity contribution >= 4 is 5.91 Å². The van der Waals surface area contributed by atoms with E-state index in [0.29, 0.717) is 17.4 Å². The predicted octanol–water partition coefficient (Wildman–Crippen LogP) is 3.79. The molecule has 1 aliphatic rings. The van der Waals surface area contributed by atoms with Gasteiger partial charge in [-0.3, -0.25) is 4.79 Å². The van der Waals surface area contributed by atoms with Crippen LogP contribution in [0.15, 0.2) is 66.9 Å². The van der Waals surface area contributed by atoms with E-state index in [4.69, 9.17) is 10.5 Å². The fourth-order valence-corrected chi connectivity index (χ4v) is 3.64. The summed E-state index contributed by atoms with van der Waals surface area (Å²) >= 11 is 0. The Morgan fingerprint density at radius 2 is 2.00 bits per heavy atom. The van der Waals surface area contributed by atoms with Crippen molar-refractivity contribution in [3.8, 4) is 11.6 Å². The molecular formula is C23H23N3O2. The average molecular weight is 373 g/mol. The lowest BCUT2D eigenvalue weighted by molar-refractivity contribution is 0.1000. The molecule has 0 aliphatic heterocycles. The van der Waals surface area contributed by atoms with Crippen LogP contribution in [0.1, 0.15) is 39.4 Å². The molecule has 0 bridgehead atoms. The molecule has 5 nitrogen and oxygen atoms in total. The number of rotatable bonds is 7. The number of aryl methyl sites for hydroxylation is 1. The molecular weight excluding hydrogens is 350 g/mol. The number of pyridine rings is 1. The Bertz CT molecular complexity index is 955. The molecule has 2 aromatic carbocycles. The second kappa shape index (κ2) is 8.23. The van der Waals surface area contributed by atoms with E-state index in [2.05, 4.69) is 46.7 Å². The second-order valence-electron chi connectivity index (χ2n) is 7.06. The number of primary amides is 1. The first-order valence-corrected chi connectivity index (χ1v) is 9.50. The summed E-state index contributed by atoms with van der Waals surface area (Å²) < 4.78 is 5.88. The number of aromatic nitrogens is 1. The Labute approximate surface area is 164 Å². The predicted molar refractivity (Wildman–Crippen MR) is 108 cm³/mol. The van der Waals surface area contributed by atoms with Crippen LogP contribution < -0.4 is 15.8 Å². The lowest BCUT2D eigenvalue weighted by atomic mass is 10.0. The Balaban J connectivity index is 1.40. The van der Waals surface area contributed by atoms with Crippen LogP contribution in [0.25, 0.3) is 0 Å². The molecule has 4 rings (SSSR count). The number of carbonyl (C=O) groups excluding carboxylic acids is 1. The maximum atomic E-state index is 11.1. The van der Waals surface area contributed by atoms with Crippen LogP contribution in [-0.4, -0.2) is 17.4 Å². The zero-order valence-corrected chi connectivity index (χ0v) is 15.6. The molecule has 3 N–H and O–H groups in total. The Kier molecular flexibility index (Phi) is 5.35. The van der Waals surface area contributed by atoms with E-state index >= 15 is 0 Å². The minimum Gasteiger partial charge on any atom is -0.439 e. The third-order valence-corrected chi connectivity index (χ3v) is 5.13. The minimum atomic E-state index is -0.498. The monoisotopic (exact) mass is 373 g/mol. The lowest BCUT2D eigenvalue weighted by Crippen LogP contribution is -2.20. The molecule has 1 atom stereocenters. The number of fused-ring (bicyclic) bond motifs is 1. The molecule has 0 fully saturated rings. The number of nitrogens with two attached hydrogens (primary N) is 1. The van der Waals surface area contributed by atoms with E-state index < -0.39 is 5.91 Å². The van der Waals surface area contributed by atoms with Gasteiger partial charge in [-0.2, -0.15) is 0 Å². The minimum absolute atomic E-state index is 0.367. The van der Waals surface area contributed by atoms with Crippen LogP contribution >= 0.6 is 0 Å². The van der Waals surface area contributed by atoms with Crippen LogP contribution in [0.3, 0.4) is 0 Å². The topological polar surface area (TPSA) is 77.2 Å². The van der Waals surface area contributed by atoms with Crippen molar-refractivity contribution < 1.29 is 9.53 Å². The highest BCUT2D eigenvalue weighted by molar-refractivity contribution is 5.92. The molecule has 0 radical (unpaired) electrons. The van der Waals surface area contributed by atoms with E-state index in [9.17, 15) is 4.79 Å². The van der Waals surface area contributed by atoms with Crippen LogP contribution in [0, 0.1) is 0 Å². The summed E-state index contributed by atoms with van der Waals surface area (Å²) in [7, 11) is 0. The summed E-state index contributed by atoms with van der Waals surface area (Å²) in [5, 5.41) is 3.57. The van der Waals surface area contributed by atoms with Crippen molar-refractivity contribution in [2.45, 2.75) is 25.3 Å². The Morgan fingerprint density at radius 3 is 2.75 bits per heavy atom. The smallest absolute Gasteiger partial charge is 0.250 e. The molecule has 5 heteroatoms. The summed E-state index contributed by atoms with van der Waals surface area (Å²) in [5.41, 5.74) is 9.63. The third-order valence-electron chi connectivity index (χ3n) is 5.13. The first-order valence-electron chi connectivity index (χ1n) is 9.50. The van der Waals surface area contributed by atoms with Crippen LogP contribution in [-0.2, 0) is 13.0 Å². The first-order chi connectivity index (χ1) is 13.7. The van der Waals surface area contributed by atoms with E-state index in [1.807, 2.05) is 12.1 Å². The molecule has 1 aliphatic carbocycles. The standard InChI is InChI=1S/C23H23N3O2/c24-23(27)19-9-11-22(26-15-19)28-20-10-8-17-6-7-18(21(17)12-20)14-25-13-16-4-2-1-3-5-16/h1-5,8-12,15,18,25H,6-7,13-14H2,(H2,24,27). The van der Waals surface area contributed by atoms with Gasteiger partial charge in [-0.1, -0.05) is 36.4 Å². The van der Waals surface area contributed by atoms with Crippen molar-refractivity contribution in [1.82, 2.24) is 10.3 Å². The van der Waals surface area contributed by atoms with Crippen LogP contribution in [0.4, 0.5) is 0 Å². The lowest BCUT2D eigenvalue weighted by Gasteiger charge is -2.14. The average Bonchev–Trinajstić information content (AvgIpc) is 3.12. The summed E-state index contributed by atoms with van der Waals surface area (Å²) in [6.45, 7) is 1.82. The first kappa shape index (κ1) is 18.2. The number of nitrogens with zero attached hydrogens (tertiary/aromatic N) is 1. The van der Waals surface area contributed by atoms with E-state index in [1.54, 1.807) is 12.1 Å². The van der Waals surface area contributed by atoms with Crippen molar-refractivity contribution in [2.24, 2.45) is 5.73 Å². The van der Waals surface area contributed by atoms with Gasteiger partial charge in [-0.05, 0) is 53.6 Å². The number of amides is 1. The molecule has 1 unspecified atom stereocenters. The fraction of sp³-hybridized carbons (Fsp3) is 0.217. The molecule has 1 heterocycles. The number of hydrogen-bond donors (Lipinski definition) is 2. The summed E-state index contributed by atoms with van der Waals surface area (Å²) in [6, 6.07) is 19.9. The van der Waals surface area contributed by atoms with E-state index in [-0.39, 0.29) is 0 Å². The highest BCUT2D eigenvalue weighted by Crippen LogP contribution is 2.36. The highest BCUT2D eigenvalue weighted by Gasteiger charge is 2.22. The molecule has 1 aromatic heterocycles. The van der Waals surface area contributed by atoms with Gasteiger partial charge in [-0.15, -0.1) is 0 Å². The van der Waals surface area contributed by atoms with Gasteiger partial charge in [0.2, 0.25) is 11.8 Å². The molecule has 28 heavy (non-hydrogen) atoms. The van der Waals surface area contributed by atoms with E-state index in [1.165, 1.54) is 22.9 Å². The van der Waals surface area contributed by atoms with Crippen molar-refractivity contribution in [2.75, 3.05) is 6.54 Å². The summed E-state index contributed by atoms with van der Waals surface area (Å²) in [6.07, 6.45) is 3.67. The van der Waals surface area contributed by atoms with Gasteiger partial charge in [-0.25, -0.2) is 4.98 Å². The second-order valence-corrected chi connectivity index (χ2v) is 7.06. The van der Waals surface area contributed by atoms with Crippen molar-refractivity contribution in [3.05, 3.63) is 89.1 Å². The van der Waals surface area contributed by atoms with Crippen LogP contribution in [0.5, 0.6) is 11.6 Å². The zero-order chi connectivity index (χ0) is 19.3. The van der Waals surface area contributed by atoms with E-state index in [0.717, 1.165) is 31.7 Å². The summed E-state index contributed by atoms with van der Waals surface area (Å²) in [5.74, 6) is 1.18. The Morgan fingerprint density at radius 1 is 1.14 bits per heavy atom. The van der Waals surface area contributed by atoms with Gasteiger partial charge < -0.3 is 15.8 Å². The molecule has 3 aromatic rings. The molecule has 0 saturated carbocycles. The maximum Gasteiger partial charge on any atom is 0.250 e. The number of hydrogen-bond acceptors (Lipinski definition) is 4. The Hall–Kier alpha value is -3.18. The molecule has 142 valence electrons. The normalized spacial score (nSPS) is 15.2. The fourth-order valence-electron chi connectivity index (χ4n) is 3.64. The van der Waals surface area contributed by atoms with Crippen molar-refractivity contribution in [3.63, 3.8) is 0 Å². The van der Waals surface area contributed by atoms with Gasteiger partial charge in [0.05, 0.1) is 5.56 Å². The number of benzene rings is 2. The van der Waals surface area contributed by atoms with Gasteiger partial charge in [0.1, 0.15) is 5.75 Å². The SMILES string of the molecule is NC(=O)c1ccc(Oc2ccc3c(c2)C(CNCc2ccccc2)CC3)nc1. The molecule has 0 spiro atoms. The molecule has 0 saturated heterocycles. The number of ether oxygens (including phenoxy) is 1. The van der Waals surface area contributed by atoms with Gasteiger partial charge in [0.25, 0.3) is 0 Å². The number of carbonyl (C=O) groups is 1. The number of nitrogens with one attached hydrogen (secondary N) is 1. The summed E-state index contributed by atoms with van der Waals surface area (Å²) in [4.78, 5) is 15.3. The van der Waals surface area contributed by atoms with Crippen molar-refractivity contribution in [1.29, 1.82) is 0 Å².